The second-order valence-corrected chi connectivity index (χ2v) is 9.12. The largest absolute Gasteiger partial charge is 0.491 e. The van der Waals surface area contributed by atoms with E-state index in [0.717, 1.165) is 0 Å². The van der Waals surface area contributed by atoms with Crippen molar-refractivity contribution in [3.8, 4) is 17.5 Å². The van der Waals surface area contributed by atoms with Crippen molar-refractivity contribution in [1.82, 2.24) is 15.0 Å². The number of pyridine rings is 1. The molecular weight excluding hydrogens is 499 g/mol. The highest BCUT2D eigenvalue weighted by molar-refractivity contribution is 6.33. The van der Waals surface area contributed by atoms with Gasteiger partial charge in [-0.1, -0.05) is 11.6 Å². The van der Waals surface area contributed by atoms with E-state index in [9.17, 15) is 9.50 Å². The molecule has 11 nitrogen and oxygen atoms in total. The lowest BCUT2D eigenvalue weighted by molar-refractivity contribution is 0.00706. The number of hydrogen-bond donors (Lipinski definition) is 3. The summed E-state index contributed by atoms with van der Waals surface area (Å²) in [4.78, 5) is 11.9. The summed E-state index contributed by atoms with van der Waals surface area (Å²) in [6.45, 7) is 1.36. The molecule has 5 heterocycles. The van der Waals surface area contributed by atoms with Crippen LogP contribution in [0.5, 0.6) is 17.5 Å². The number of methoxy groups -OCH3 is 1. The van der Waals surface area contributed by atoms with Crippen LogP contribution < -0.4 is 19.5 Å². The molecule has 0 spiro atoms. The molecule has 2 unspecified atom stereocenters. The van der Waals surface area contributed by atoms with Gasteiger partial charge in [-0.15, -0.1) is 0 Å². The van der Waals surface area contributed by atoms with E-state index in [1.165, 1.54) is 6.07 Å². The predicted octanol–water partition coefficient (Wildman–Crippen LogP) is 2.23. The van der Waals surface area contributed by atoms with E-state index >= 15 is 0 Å². The van der Waals surface area contributed by atoms with E-state index in [1.54, 1.807) is 19.2 Å². The molecule has 3 N–H and O–H groups in total. The van der Waals surface area contributed by atoms with Gasteiger partial charge >= 0.3 is 0 Å². The van der Waals surface area contributed by atoms with Crippen molar-refractivity contribution in [1.29, 1.82) is 0 Å². The van der Waals surface area contributed by atoms with E-state index in [4.69, 9.17) is 40.0 Å². The molecule has 3 aliphatic heterocycles. The first-order valence-corrected chi connectivity index (χ1v) is 11.9. The molecule has 2 saturated heterocycles. The van der Waals surface area contributed by atoms with Crippen LogP contribution in [0.3, 0.4) is 0 Å². The van der Waals surface area contributed by atoms with Gasteiger partial charge in [0, 0.05) is 19.2 Å². The van der Waals surface area contributed by atoms with Crippen LogP contribution in [0.2, 0.25) is 5.02 Å². The normalized spacial score (nSPS) is 26.6. The van der Waals surface area contributed by atoms with Crippen molar-refractivity contribution in [2.75, 3.05) is 45.5 Å². The monoisotopic (exact) mass is 522 g/mol. The van der Waals surface area contributed by atoms with Gasteiger partial charge in [-0.3, -0.25) is 0 Å². The summed E-state index contributed by atoms with van der Waals surface area (Å²) in [5, 5.41) is 13.4. The fraction of sp³-hybridized carbons (Fsp3) is 0.478. The number of aromatic amines is 1. The first-order chi connectivity index (χ1) is 17.5. The number of aliphatic hydroxyl groups is 1. The first kappa shape index (κ1) is 23.5. The van der Waals surface area contributed by atoms with Crippen molar-refractivity contribution in [2.24, 2.45) is 0 Å². The van der Waals surface area contributed by atoms with Gasteiger partial charge in [0.05, 0.1) is 42.0 Å². The average Bonchev–Trinajstić information content (AvgIpc) is 3.61. The number of nitrogens with one attached hydrogen (secondary N) is 2. The number of anilines is 1. The molecule has 0 amide bonds. The number of ether oxygens (including phenoxy) is 6. The molecule has 2 fully saturated rings. The van der Waals surface area contributed by atoms with Crippen LogP contribution in [-0.2, 0) is 14.2 Å². The second kappa shape index (κ2) is 9.52. The predicted molar refractivity (Wildman–Crippen MR) is 124 cm³/mol. The second-order valence-electron chi connectivity index (χ2n) is 8.72. The number of nitrogens with zero attached hydrogens (tertiary/aromatic N) is 2. The Morgan fingerprint density at radius 1 is 1.17 bits per heavy atom. The first-order valence-electron chi connectivity index (χ1n) is 11.5. The van der Waals surface area contributed by atoms with E-state index < -0.39 is 30.2 Å². The molecule has 0 aliphatic carbocycles. The van der Waals surface area contributed by atoms with Crippen LogP contribution in [0.1, 0.15) is 11.6 Å². The maximum atomic E-state index is 14.9. The number of aromatic nitrogens is 3. The fourth-order valence-electron chi connectivity index (χ4n) is 4.63. The quantitative estimate of drug-likeness (QED) is 0.379. The third kappa shape index (κ3) is 4.28. The van der Waals surface area contributed by atoms with Gasteiger partial charge in [-0.25, -0.2) is 9.37 Å². The SMILES string of the molecule is COCCOc1cc(F)c2c(c1)OCC2Nc1nc2nc(O[C@@H]3COC4[C@H](O)CO[C@@H]43)[nH]c2cc1Cl. The number of fused-ring (bicyclic) bond motifs is 3. The summed E-state index contributed by atoms with van der Waals surface area (Å²) in [5.74, 6) is 0.625. The summed E-state index contributed by atoms with van der Waals surface area (Å²) < 4.78 is 48.2. The minimum atomic E-state index is -0.669. The van der Waals surface area contributed by atoms with Crippen molar-refractivity contribution < 1.29 is 37.9 Å². The number of halogens is 2. The summed E-state index contributed by atoms with van der Waals surface area (Å²) in [7, 11) is 1.56. The van der Waals surface area contributed by atoms with E-state index in [0.29, 0.717) is 52.3 Å². The summed E-state index contributed by atoms with van der Waals surface area (Å²) in [6, 6.07) is 4.35. The Morgan fingerprint density at radius 3 is 2.89 bits per heavy atom. The Balaban J connectivity index is 1.18. The number of benzene rings is 1. The molecule has 0 radical (unpaired) electrons. The average molecular weight is 523 g/mol. The fourth-order valence-corrected chi connectivity index (χ4v) is 4.84. The summed E-state index contributed by atoms with van der Waals surface area (Å²) in [6.07, 6.45) is -1.87. The highest BCUT2D eigenvalue weighted by Crippen LogP contribution is 2.40. The molecule has 192 valence electrons. The molecule has 2 aromatic heterocycles. The van der Waals surface area contributed by atoms with E-state index in [-0.39, 0.29) is 31.9 Å². The van der Waals surface area contributed by atoms with Crippen LogP contribution >= 0.6 is 11.6 Å². The Labute approximate surface area is 209 Å². The van der Waals surface area contributed by atoms with Gasteiger partial charge in [0.15, 0.2) is 11.8 Å². The molecule has 6 rings (SSSR count). The van der Waals surface area contributed by atoms with Gasteiger partial charge in [-0.05, 0) is 6.07 Å². The smallest absolute Gasteiger partial charge is 0.296 e. The number of H-pyrrole nitrogens is 1. The molecule has 0 bridgehead atoms. The summed E-state index contributed by atoms with van der Waals surface area (Å²) in [5.41, 5.74) is 1.30. The highest BCUT2D eigenvalue weighted by atomic mass is 35.5. The zero-order valence-corrected chi connectivity index (χ0v) is 20.0. The Hall–Kier alpha value is -2.90. The molecule has 0 saturated carbocycles. The number of hydrogen-bond acceptors (Lipinski definition) is 10. The Morgan fingerprint density at radius 2 is 2.03 bits per heavy atom. The minimum Gasteiger partial charge on any atom is -0.491 e. The van der Waals surface area contributed by atoms with Crippen molar-refractivity contribution in [2.45, 2.75) is 30.5 Å². The van der Waals surface area contributed by atoms with E-state index in [1.807, 2.05) is 0 Å². The molecule has 36 heavy (non-hydrogen) atoms. The van der Waals surface area contributed by atoms with Gasteiger partial charge in [0.2, 0.25) is 0 Å². The van der Waals surface area contributed by atoms with Crippen LogP contribution in [0.25, 0.3) is 11.2 Å². The molecule has 1 aromatic carbocycles. The Kier molecular flexibility index (Phi) is 6.21. The lowest BCUT2D eigenvalue weighted by atomic mass is 10.1. The standard InChI is InChI=1S/C23H24ClFN4O7/c1-31-2-3-32-10-4-12(25)18-14(7-33-16(18)5-10)26-21-11(24)6-13-22(28-21)29-23(27-13)36-17-9-35-19-15(30)8-34-20(17)19/h4-6,14-15,17,19-20,30H,2-3,7-9H2,1H3,(H2,26,27,28,29)/t14?,15-,17-,19?,20-/m1/s1. The minimum absolute atomic E-state index is 0.189. The van der Waals surface area contributed by atoms with Gasteiger partial charge in [0.25, 0.3) is 6.01 Å². The van der Waals surface area contributed by atoms with Crippen molar-refractivity contribution in [3.63, 3.8) is 0 Å². The molecule has 13 heteroatoms. The third-order valence-corrected chi connectivity index (χ3v) is 6.62. The van der Waals surface area contributed by atoms with E-state index in [2.05, 4.69) is 20.3 Å². The van der Waals surface area contributed by atoms with Gasteiger partial charge < -0.3 is 43.8 Å². The van der Waals surface area contributed by atoms with Gasteiger partial charge in [-0.2, -0.15) is 4.98 Å². The zero-order valence-electron chi connectivity index (χ0n) is 19.2. The lowest BCUT2D eigenvalue weighted by Gasteiger charge is -2.15. The zero-order chi connectivity index (χ0) is 24.8. The number of rotatable bonds is 8. The molecule has 5 atom stereocenters. The van der Waals surface area contributed by atoms with Crippen molar-refractivity contribution >= 4 is 28.6 Å². The lowest BCUT2D eigenvalue weighted by Crippen LogP contribution is -2.34. The number of aliphatic hydroxyl groups excluding tert-OH is 1. The number of imidazole rings is 1. The molecular formula is C23H24ClFN4O7. The maximum Gasteiger partial charge on any atom is 0.296 e. The van der Waals surface area contributed by atoms with Crippen LogP contribution in [0, 0.1) is 5.82 Å². The van der Waals surface area contributed by atoms with Gasteiger partial charge in [0.1, 0.15) is 54.7 Å². The van der Waals surface area contributed by atoms with Crippen LogP contribution in [-0.4, -0.2) is 84.6 Å². The Bertz CT molecular complexity index is 1280. The topological polar surface area (TPSA) is 129 Å². The summed E-state index contributed by atoms with van der Waals surface area (Å²) >= 11 is 6.47. The third-order valence-electron chi connectivity index (χ3n) is 6.34. The van der Waals surface area contributed by atoms with Crippen LogP contribution in [0.4, 0.5) is 10.2 Å². The molecule has 3 aromatic rings. The maximum absolute atomic E-state index is 14.9. The van der Waals surface area contributed by atoms with Crippen LogP contribution in [0.15, 0.2) is 18.2 Å². The highest BCUT2D eigenvalue weighted by Gasteiger charge is 2.48. The van der Waals surface area contributed by atoms with Crippen molar-refractivity contribution in [3.05, 3.63) is 34.6 Å². The molecule has 3 aliphatic rings.